The Kier molecular flexibility index (Phi) is 4.72. The maximum Gasteiger partial charge on any atom is 0.513 e. The summed E-state index contributed by atoms with van der Waals surface area (Å²) in [7, 11) is 0. The molecule has 0 N–H and O–H groups in total. The van der Waals surface area contributed by atoms with Crippen LogP contribution in [0.15, 0.2) is 54.6 Å². The van der Waals surface area contributed by atoms with Crippen LogP contribution in [0.5, 0.6) is 5.75 Å². The van der Waals surface area contributed by atoms with Crippen molar-refractivity contribution in [1.82, 2.24) is 0 Å². The smallest absolute Gasteiger partial charge is 0.497 e. The molecule has 0 spiro atoms. The highest BCUT2D eigenvalue weighted by atomic mass is 19.4. The van der Waals surface area contributed by atoms with Crippen molar-refractivity contribution in [2.75, 3.05) is 6.61 Å². The van der Waals surface area contributed by atoms with Crippen molar-refractivity contribution in [3.63, 3.8) is 0 Å². The lowest BCUT2D eigenvalue weighted by Gasteiger charge is -2.19. The molecule has 0 unspecified atom stereocenters. The van der Waals surface area contributed by atoms with E-state index in [9.17, 15) is 12.9 Å². The molecular weight excluding hydrogens is 264 g/mol. The topological polar surface area (TPSA) is 9.23 Å². The first-order chi connectivity index (χ1) is 9.57. The van der Waals surface area contributed by atoms with Crippen LogP contribution in [0.25, 0.3) is 0 Å². The fourth-order valence-corrected chi connectivity index (χ4v) is 1.99. The molecule has 0 bridgehead atoms. The minimum Gasteiger partial charge on any atom is -0.497 e. The minimum atomic E-state index is -5.03. The maximum atomic E-state index is 12.8. The molecule has 0 radical (unpaired) electrons. The fourth-order valence-electron chi connectivity index (χ4n) is 1.99. The molecule has 0 saturated heterocycles. The van der Waals surface area contributed by atoms with Crippen molar-refractivity contribution in [2.24, 2.45) is 0 Å². The first-order valence-corrected chi connectivity index (χ1v) is 6.53. The average molecular weight is 279 g/mol. The third-order valence-corrected chi connectivity index (χ3v) is 2.98. The Hall–Kier alpha value is -1.91. The third-order valence-electron chi connectivity index (χ3n) is 2.98. The molecule has 0 saturated carbocycles. The van der Waals surface area contributed by atoms with E-state index < -0.39 is 12.4 Å². The zero-order valence-electron chi connectivity index (χ0n) is 10.9. The molecule has 0 fully saturated rings. The van der Waals surface area contributed by atoms with Gasteiger partial charge < -0.3 is 17.7 Å². The summed E-state index contributed by atoms with van der Waals surface area (Å²) in [6.07, 6.45) is 1.48. The summed E-state index contributed by atoms with van der Waals surface area (Å²) < 4.78 is 43.7. The van der Waals surface area contributed by atoms with Crippen molar-refractivity contribution in [1.29, 1.82) is 0 Å². The van der Waals surface area contributed by atoms with Gasteiger partial charge in [0.1, 0.15) is 0 Å². The van der Waals surface area contributed by atoms with E-state index in [1.807, 2.05) is 30.3 Å². The Morgan fingerprint density at radius 3 is 2.20 bits per heavy atom. The van der Waals surface area contributed by atoms with Crippen LogP contribution in [0.4, 0.5) is 12.9 Å². The van der Waals surface area contributed by atoms with Crippen LogP contribution < -0.4 is 10.2 Å². The van der Waals surface area contributed by atoms with Crippen LogP contribution in [-0.4, -0.2) is 13.6 Å². The van der Waals surface area contributed by atoms with Crippen molar-refractivity contribution >= 4 is 12.4 Å². The normalized spacial score (nSPS) is 11.3. The van der Waals surface area contributed by atoms with Gasteiger partial charge in [0.25, 0.3) is 0 Å². The van der Waals surface area contributed by atoms with Crippen molar-refractivity contribution in [2.45, 2.75) is 12.8 Å². The Bertz CT molecular complexity index is 540. The highest BCUT2D eigenvalue weighted by molar-refractivity contribution is 6.74. The molecule has 0 aromatic heterocycles. The third kappa shape index (κ3) is 4.05. The van der Waals surface area contributed by atoms with Crippen LogP contribution in [-0.2, 0) is 6.42 Å². The van der Waals surface area contributed by atoms with Crippen LogP contribution in [0, 0.1) is 0 Å². The molecule has 2 rings (SSSR count). The number of halogens is 3. The summed E-state index contributed by atoms with van der Waals surface area (Å²) in [4.78, 5) is 0. The quantitative estimate of drug-likeness (QED) is 0.578. The van der Waals surface area contributed by atoms with E-state index in [0.717, 1.165) is 18.1 Å². The van der Waals surface area contributed by atoms with Crippen molar-refractivity contribution < 1.29 is 17.7 Å². The predicted molar refractivity (Wildman–Crippen MR) is 75.4 cm³/mol. The lowest BCUT2D eigenvalue weighted by molar-refractivity contribution is 0.311. The predicted octanol–water partition coefficient (Wildman–Crippen LogP) is 3.75. The summed E-state index contributed by atoms with van der Waals surface area (Å²) >= 11 is 0. The second kappa shape index (κ2) is 6.50. The van der Waals surface area contributed by atoms with Gasteiger partial charge in [-0.3, -0.25) is 0 Å². The lowest BCUT2D eigenvalue weighted by Crippen LogP contribution is -2.35. The van der Waals surface area contributed by atoms with Crippen LogP contribution in [0.2, 0.25) is 0 Å². The summed E-state index contributed by atoms with van der Waals surface area (Å²) in [6.45, 7) is -4.75. The van der Waals surface area contributed by atoms with Gasteiger partial charge in [0.15, 0.2) is 0 Å². The standard InChI is InChI=1S/C15H15BF3O/c17-16(18,19)14-10-4-5-11-15(14)20-12-6-9-13-7-2-1-3-8-13/h1-5,7-8,10-11H,6,9,12H2/q-1. The Morgan fingerprint density at radius 2 is 1.50 bits per heavy atom. The van der Waals surface area contributed by atoms with E-state index in [1.165, 1.54) is 12.1 Å². The van der Waals surface area contributed by atoms with Crippen LogP contribution in [0.1, 0.15) is 12.0 Å². The molecule has 0 aliphatic carbocycles. The van der Waals surface area contributed by atoms with E-state index in [1.54, 1.807) is 6.07 Å². The molecule has 0 aliphatic rings. The van der Waals surface area contributed by atoms with Gasteiger partial charge >= 0.3 is 6.98 Å². The van der Waals surface area contributed by atoms with Gasteiger partial charge in [0, 0.05) is 0 Å². The minimum absolute atomic E-state index is 0.0759. The number of ether oxygens (including phenoxy) is 1. The zero-order valence-corrected chi connectivity index (χ0v) is 10.9. The van der Waals surface area contributed by atoms with Crippen LogP contribution in [0.3, 0.4) is 0 Å². The number of benzene rings is 2. The molecule has 0 atom stereocenters. The molecule has 0 aliphatic heterocycles. The summed E-state index contributed by atoms with van der Waals surface area (Å²) in [6, 6.07) is 15.2. The summed E-state index contributed by atoms with van der Waals surface area (Å²) in [5.41, 5.74) is 0.497. The van der Waals surface area contributed by atoms with Crippen molar-refractivity contribution in [3.8, 4) is 5.75 Å². The summed E-state index contributed by atoms with van der Waals surface area (Å²) in [5.74, 6) is -0.0759. The molecule has 2 aromatic rings. The number of para-hydroxylation sites is 1. The van der Waals surface area contributed by atoms with Gasteiger partial charge in [-0.1, -0.05) is 54.0 Å². The first-order valence-electron chi connectivity index (χ1n) is 6.53. The van der Waals surface area contributed by atoms with Crippen LogP contribution >= 0.6 is 0 Å². The van der Waals surface area contributed by atoms with E-state index in [4.69, 9.17) is 4.74 Å². The van der Waals surface area contributed by atoms with Gasteiger partial charge in [0.2, 0.25) is 0 Å². The van der Waals surface area contributed by atoms with Gasteiger partial charge in [0.05, 0.1) is 12.4 Å². The number of hydrogen-bond acceptors (Lipinski definition) is 1. The fraction of sp³-hybridized carbons (Fsp3) is 0.200. The second-order valence-electron chi connectivity index (χ2n) is 4.55. The Labute approximate surface area is 116 Å². The molecule has 0 amide bonds. The summed E-state index contributed by atoms with van der Waals surface area (Å²) in [5, 5.41) is 0. The van der Waals surface area contributed by atoms with E-state index in [-0.39, 0.29) is 12.4 Å². The number of hydrogen-bond donors (Lipinski definition) is 0. The van der Waals surface area contributed by atoms with Gasteiger partial charge in [-0.05, 0) is 24.5 Å². The van der Waals surface area contributed by atoms with Gasteiger partial charge in [-0.2, -0.15) is 0 Å². The molecule has 2 aromatic carbocycles. The SMILES string of the molecule is F[B-](F)(F)c1ccccc1OCCCc1ccccc1. The molecule has 20 heavy (non-hydrogen) atoms. The molecule has 5 heteroatoms. The largest absolute Gasteiger partial charge is 0.513 e. The highest BCUT2D eigenvalue weighted by Gasteiger charge is 2.28. The molecule has 1 nitrogen and oxygen atoms in total. The van der Waals surface area contributed by atoms with Gasteiger partial charge in [-0.25, -0.2) is 0 Å². The Balaban J connectivity index is 1.89. The van der Waals surface area contributed by atoms with Crippen molar-refractivity contribution in [3.05, 3.63) is 60.2 Å². The maximum absolute atomic E-state index is 12.8. The first kappa shape index (κ1) is 14.5. The monoisotopic (exact) mass is 279 g/mol. The highest BCUT2D eigenvalue weighted by Crippen LogP contribution is 2.17. The molecular formula is C15H15BF3O-. The zero-order chi connectivity index (χ0) is 14.4. The van der Waals surface area contributed by atoms with E-state index in [2.05, 4.69) is 0 Å². The molecule has 0 heterocycles. The lowest BCUT2D eigenvalue weighted by atomic mass is 9.79. The Morgan fingerprint density at radius 1 is 0.850 bits per heavy atom. The van der Waals surface area contributed by atoms with Gasteiger partial charge in [-0.15, -0.1) is 0 Å². The average Bonchev–Trinajstić information content (AvgIpc) is 2.44. The number of rotatable bonds is 6. The number of aryl methyl sites for hydroxylation is 1. The van der Waals surface area contributed by atoms with E-state index >= 15 is 0 Å². The molecule has 106 valence electrons. The second-order valence-corrected chi connectivity index (χ2v) is 4.55. The van der Waals surface area contributed by atoms with E-state index in [0.29, 0.717) is 6.42 Å².